The molecule has 0 radical (unpaired) electrons. The highest BCUT2D eigenvalue weighted by Crippen LogP contribution is 2.18. The summed E-state index contributed by atoms with van der Waals surface area (Å²) in [6.45, 7) is 0.652. The summed E-state index contributed by atoms with van der Waals surface area (Å²) in [4.78, 5) is 3.22. The molecule has 2 atom stereocenters. The molecular weight excluding hydrogens is 276 g/mol. The minimum absolute atomic E-state index is 0.0298. The van der Waals surface area contributed by atoms with Crippen molar-refractivity contribution < 1.29 is 13.5 Å². The van der Waals surface area contributed by atoms with E-state index in [1.165, 1.54) is 10.9 Å². The Morgan fingerprint density at radius 3 is 2.85 bits per heavy atom. The van der Waals surface area contributed by atoms with Gasteiger partial charge in [0.05, 0.1) is 17.6 Å². The summed E-state index contributed by atoms with van der Waals surface area (Å²) in [6, 6.07) is 7.74. The number of sulfone groups is 1. The van der Waals surface area contributed by atoms with Crippen molar-refractivity contribution in [3.05, 3.63) is 36.0 Å². The van der Waals surface area contributed by atoms with Gasteiger partial charge >= 0.3 is 0 Å². The van der Waals surface area contributed by atoms with Crippen molar-refractivity contribution in [1.82, 2.24) is 10.3 Å². The Morgan fingerprint density at radius 2 is 2.10 bits per heavy atom. The van der Waals surface area contributed by atoms with E-state index in [9.17, 15) is 13.5 Å². The van der Waals surface area contributed by atoms with Gasteiger partial charge in [0, 0.05) is 23.1 Å². The second kappa shape index (κ2) is 5.20. The van der Waals surface area contributed by atoms with E-state index in [0.717, 1.165) is 11.9 Å². The number of para-hydroxylation sites is 1. The van der Waals surface area contributed by atoms with E-state index in [1.807, 2.05) is 24.4 Å². The van der Waals surface area contributed by atoms with Crippen molar-refractivity contribution in [2.45, 2.75) is 18.6 Å². The zero-order chi connectivity index (χ0) is 14.2. The van der Waals surface area contributed by atoms with Gasteiger partial charge in [0.1, 0.15) is 0 Å². The highest BCUT2D eigenvalue weighted by Gasteiger charge is 2.35. The first-order valence-corrected chi connectivity index (χ1v) is 8.54. The summed E-state index contributed by atoms with van der Waals surface area (Å²) < 4.78 is 22.8. The Balaban J connectivity index is 1.61. The number of aromatic amines is 1. The molecule has 0 saturated carbocycles. The smallest absolute Gasteiger partial charge is 0.154 e. The number of fused-ring (bicyclic) bond motifs is 1. The van der Waals surface area contributed by atoms with Crippen LogP contribution in [0.2, 0.25) is 0 Å². The summed E-state index contributed by atoms with van der Waals surface area (Å²) >= 11 is 0. The Hall–Kier alpha value is -1.37. The van der Waals surface area contributed by atoms with E-state index in [0.29, 0.717) is 6.54 Å². The van der Waals surface area contributed by atoms with Gasteiger partial charge in [0.15, 0.2) is 9.84 Å². The maximum Gasteiger partial charge on any atom is 0.154 e. The molecule has 1 aliphatic rings. The van der Waals surface area contributed by atoms with Gasteiger partial charge in [-0.1, -0.05) is 18.2 Å². The third kappa shape index (κ3) is 2.72. The van der Waals surface area contributed by atoms with Gasteiger partial charge in [-0.05, 0) is 24.6 Å². The lowest BCUT2D eigenvalue weighted by atomic mass is 10.1. The molecule has 0 spiro atoms. The topological polar surface area (TPSA) is 82.2 Å². The van der Waals surface area contributed by atoms with Gasteiger partial charge in [-0.3, -0.25) is 0 Å². The quantitative estimate of drug-likeness (QED) is 0.765. The molecule has 1 aromatic carbocycles. The molecule has 0 amide bonds. The third-order valence-electron chi connectivity index (χ3n) is 3.80. The maximum atomic E-state index is 11.4. The summed E-state index contributed by atoms with van der Waals surface area (Å²) in [6.07, 6.45) is 1.99. The number of benzene rings is 1. The van der Waals surface area contributed by atoms with E-state index in [4.69, 9.17) is 0 Å². The Bertz CT molecular complexity index is 708. The standard InChI is InChI=1S/C14H18N2O3S/c17-14-9-20(18,19)8-13(14)15-6-5-10-7-16-12-4-2-1-3-11(10)12/h1-4,7,13-17H,5-6,8-9H2. The third-order valence-corrected chi connectivity index (χ3v) is 5.51. The number of aliphatic hydroxyl groups excluding tert-OH is 1. The highest BCUT2D eigenvalue weighted by molar-refractivity contribution is 7.91. The Morgan fingerprint density at radius 1 is 1.30 bits per heavy atom. The number of rotatable bonds is 4. The van der Waals surface area contributed by atoms with Gasteiger partial charge in [-0.25, -0.2) is 8.42 Å². The number of H-pyrrole nitrogens is 1. The minimum Gasteiger partial charge on any atom is -0.390 e. The summed E-state index contributed by atoms with van der Waals surface area (Å²) in [5.74, 6) is -0.0974. The molecule has 0 bridgehead atoms. The molecule has 1 fully saturated rings. The molecule has 20 heavy (non-hydrogen) atoms. The first kappa shape index (κ1) is 13.6. The first-order chi connectivity index (χ1) is 9.55. The average molecular weight is 294 g/mol. The molecule has 2 unspecified atom stereocenters. The van der Waals surface area contributed by atoms with Crippen LogP contribution in [0.25, 0.3) is 10.9 Å². The van der Waals surface area contributed by atoms with Crippen LogP contribution in [-0.2, 0) is 16.3 Å². The number of hydrogen-bond donors (Lipinski definition) is 3. The lowest BCUT2D eigenvalue weighted by Crippen LogP contribution is -2.39. The minimum atomic E-state index is -3.08. The molecule has 3 N–H and O–H groups in total. The largest absolute Gasteiger partial charge is 0.390 e. The van der Waals surface area contributed by atoms with E-state index >= 15 is 0 Å². The Labute approximate surface area is 117 Å². The Kier molecular flexibility index (Phi) is 3.54. The van der Waals surface area contributed by atoms with Crippen molar-refractivity contribution >= 4 is 20.7 Å². The van der Waals surface area contributed by atoms with Crippen LogP contribution in [0.15, 0.2) is 30.5 Å². The molecule has 2 aromatic rings. The molecule has 108 valence electrons. The van der Waals surface area contributed by atoms with Gasteiger partial charge in [-0.2, -0.15) is 0 Å². The summed E-state index contributed by atoms with van der Waals surface area (Å²) in [5, 5.41) is 14.0. The van der Waals surface area contributed by atoms with E-state index in [2.05, 4.69) is 16.4 Å². The monoisotopic (exact) mass is 294 g/mol. The van der Waals surface area contributed by atoms with Crippen molar-refractivity contribution in [1.29, 1.82) is 0 Å². The van der Waals surface area contributed by atoms with Crippen molar-refractivity contribution in [3.8, 4) is 0 Å². The second-order valence-corrected chi connectivity index (χ2v) is 7.47. The fraction of sp³-hybridized carbons (Fsp3) is 0.429. The van der Waals surface area contributed by atoms with Gasteiger partial charge in [0.2, 0.25) is 0 Å². The van der Waals surface area contributed by atoms with Crippen LogP contribution in [0.4, 0.5) is 0 Å². The molecule has 0 aliphatic carbocycles. The average Bonchev–Trinajstić information content (AvgIpc) is 2.91. The predicted molar refractivity (Wildman–Crippen MR) is 78.5 cm³/mol. The van der Waals surface area contributed by atoms with Crippen LogP contribution in [0.1, 0.15) is 5.56 Å². The van der Waals surface area contributed by atoms with Gasteiger partial charge in [0.25, 0.3) is 0 Å². The number of aromatic nitrogens is 1. The molecule has 5 nitrogen and oxygen atoms in total. The lowest BCUT2D eigenvalue weighted by molar-refractivity contribution is 0.166. The van der Waals surface area contributed by atoms with Gasteiger partial charge in [-0.15, -0.1) is 0 Å². The lowest BCUT2D eigenvalue weighted by Gasteiger charge is -2.14. The van der Waals surface area contributed by atoms with Crippen LogP contribution < -0.4 is 5.32 Å². The van der Waals surface area contributed by atoms with Gasteiger partial charge < -0.3 is 15.4 Å². The zero-order valence-electron chi connectivity index (χ0n) is 11.0. The first-order valence-electron chi connectivity index (χ1n) is 6.72. The number of aliphatic hydroxyl groups is 1. The molecular formula is C14H18N2O3S. The number of hydrogen-bond acceptors (Lipinski definition) is 4. The SMILES string of the molecule is O=S1(=O)CC(O)C(NCCc2c[nH]c3ccccc23)C1. The highest BCUT2D eigenvalue weighted by atomic mass is 32.2. The van der Waals surface area contributed by atoms with Crippen molar-refractivity contribution in [3.63, 3.8) is 0 Å². The second-order valence-electron chi connectivity index (χ2n) is 5.31. The molecule has 3 rings (SSSR count). The van der Waals surface area contributed by atoms with Crippen molar-refractivity contribution in [2.24, 2.45) is 0 Å². The van der Waals surface area contributed by atoms with Crippen LogP contribution >= 0.6 is 0 Å². The van der Waals surface area contributed by atoms with Crippen LogP contribution in [0, 0.1) is 0 Å². The zero-order valence-corrected chi connectivity index (χ0v) is 11.9. The molecule has 6 heteroatoms. The molecule has 2 heterocycles. The molecule has 1 aliphatic heterocycles. The van der Waals surface area contributed by atoms with Crippen molar-refractivity contribution in [2.75, 3.05) is 18.1 Å². The molecule has 1 aromatic heterocycles. The van der Waals surface area contributed by atoms with E-state index in [1.54, 1.807) is 0 Å². The van der Waals surface area contributed by atoms with E-state index < -0.39 is 15.9 Å². The summed E-state index contributed by atoms with van der Waals surface area (Å²) in [5.41, 5.74) is 2.30. The maximum absolute atomic E-state index is 11.4. The van der Waals surface area contributed by atoms with E-state index in [-0.39, 0.29) is 17.5 Å². The predicted octanol–water partition coefficient (Wildman–Crippen LogP) is 0.458. The number of nitrogens with one attached hydrogen (secondary N) is 2. The molecule has 1 saturated heterocycles. The van der Waals surface area contributed by atoms with Crippen LogP contribution in [0.5, 0.6) is 0 Å². The van der Waals surface area contributed by atoms with Crippen LogP contribution in [-0.4, -0.2) is 48.7 Å². The fourth-order valence-electron chi connectivity index (χ4n) is 2.75. The fourth-order valence-corrected chi connectivity index (χ4v) is 4.53. The van der Waals surface area contributed by atoms with Crippen LogP contribution in [0.3, 0.4) is 0 Å². The normalized spacial score (nSPS) is 25.2. The summed E-state index contributed by atoms with van der Waals surface area (Å²) in [7, 11) is -3.08.